The van der Waals surface area contributed by atoms with Crippen LogP contribution in [0.4, 0.5) is 19.0 Å². The van der Waals surface area contributed by atoms with Gasteiger partial charge in [-0.05, 0) is 48.4 Å². The van der Waals surface area contributed by atoms with Gasteiger partial charge in [0.25, 0.3) is 5.91 Å². The Labute approximate surface area is 201 Å². The van der Waals surface area contributed by atoms with E-state index >= 15 is 0 Å². The van der Waals surface area contributed by atoms with Crippen molar-refractivity contribution in [3.05, 3.63) is 53.0 Å². The third kappa shape index (κ3) is 4.70. The smallest absolute Gasteiger partial charge is 0.355 e. The highest BCUT2D eigenvalue weighted by Crippen LogP contribution is 2.45. The van der Waals surface area contributed by atoms with Crippen molar-refractivity contribution in [2.45, 2.75) is 44.2 Å². The molecule has 2 aliphatic heterocycles. The van der Waals surface area contributed by atoms with Crippen molar-refractivity contribution in [2.75, 3.05) is 37.6 Å². The molecule has 2 saturated heterocycles. The van der Waals surface area contributed by atoms with E-state index in [0.717, 1.165) is 25.5 Å². The van der Waals surface area contributed by atoms with Gasteiger partial charge in [0.15, 0.2) is 0 Å². The number of amides is 2. The molecular weight excluding hydrogens is 459 g/mol. The monoisotopic (exact) mass is 487 g/mol. The van der Waals surface area contributed by atoms with E-state index in [1.807, 2.05) is 11.8 Å². The van der Waals surface area contributed by atoms with Crippen molar-refractivity contribution in [3.63, 3.8) is 0 Å². The largest absolute Gasteiger partial charge is 0.417 e. The lowest BCUT2D eigenvalue weighted by Crippen LogP contribution is -2.49. The van der Waals surface area contributed by atoms with E-state index in [9.17, 15) is 22.8 Å². The third-order valence-electron chi connectivity index (χ3n) is 7.27. The fourth-order valence-electron chi connectivity index (χ4n) is 5.04. The molecule has 0 radical (unpaired) electrons. The number of halogens is 3. The van der Waals surface area contributed by atoms with Crippen molar-refractivity contribution in [3.8, 4) is 0 Å². The molecule has 1 saturated carbocycles. The second-order valence-corrected chi connectivity index (χ2v) is 9.55. The Kier molecular flexibility index (Phi) is 6.14. The molecule has 4 heterocycles. The molecular formula is C25H28F3N5O2. The van der Waals surface area contributed by atoms with Crippen molar-refractivity contribution in [2.24, 2.45) is 5.92 Å². The van der Waals surface area contributed by atoms with Crippen LogP contribution in [-0.4, -0.2) is 59.4 Å². The fourth-order valence-corrected chi connectivity index (χ4v) is 5.04. The molecule has 1 unspecified atom stereocenters. The van der Waals surface area contributed by atoms with Gasteiger partial charge in [0, 0.05) is 45.1 Å². The standard InChI is InChI=1S/C25H28F3N5O2/c1-2-15-12-31-23(34)21(15)20-6-5-17(13-29-20)24(35)33-9-7-32(8-10-33)22-19(16-3-4-16)11-18(14-30-22)25(26,27)28/h5-6,11,13-16,21H,2-4,7-10,12H2,1H3,(H,31,34)/t15?,21-/m1/s1. The van der Waals surface area contributed by atoms with Gasteiger partial charge in [0.05, 0.1) is 22.7 Å². The molecule has 5 rings (SSSR count). The van der Waals surface area contributed by atoms with Gasteiger partial charge in [-0.25, -0.2) is 4.98 Å². The molecule has 35 heavy (non-hydrogen) atoms. The van der Waals surface area contributed by atoms with Gasteiger partial charge in [-0.1, -0.05) is 13.3 Å². The molecule has 2 aromatic heterocycles. The Morgan fingerprint density at radius 3 is 2.46 bits per heavy atom. The molecule has 0 spiro atoms. The average Bonchev–Trinajstić information content (AvgIpc) is 3.64. The van der Waals surface area contributed by atoms with Gasteiger partial charge in [0.1, 0.15) is 5.82 Å². The highest BCUT2D eigenvalue weighted by molar-refractivity contribution is 5.94. The summed E-state index contributed by atoms with van der Waals surface area (Å²) in [5.74, 6) is 0.460. The molecule has 1 N–H and O–H groups in total. The molecule has 186 valence electrons. The zero-order valence-corrected chi connectivity index (χ0v) is 19.5. The Hall–Kier alpha value is -3.17. The normalized spacial score (nSPS) is 22.9. The summed E-state index contributed by atoms with van der Waals surface area (Å²) in [6.07, 6.45) is 0.637. The first-order chi connectivity index (χ1) is 16.8. The molecule has 1 aliphatic carbocycles. The van der Waals surface area contributed by atoms with Crippen LogP contribution in [0.5, 0.6) is 0 Å². The lowest BCUT2D eigenvalue weighted by molar-refractivity contribution is -0.137. The van der Waals surface area contributed by atoms with E-state index in [1.54, 1.807) is 17.0 Å². The van der Waals surface area contributed by atoms with Crippen molar-refractivity contribution >= 4 is 17.6 Å². The predicted molar refractivity (Wildman–Crippen MR) is 123 cm³/mol. The number of rotatable bonds is 5. The number of carbonyl (C=O) groups excluding carboxylic acids is 2. The maximum Gasteiger partial charge on any atom is 0.417 e. The van der Waals surface area contributed by atoms with Crippen LogP contribution in [0, 0.1) is 5.92 Å². The summed E-state index contributed by atoms with van der Waals surface area (Å²) >= 11 is 0. The van der Waals surface area contributed by atoms with Crippen LogP contribution in [0.1, 0.15) is 65.2 Å². The summed E-state index contributed by atoms with van der Waals surface area (Å²) in [7, 11) is 0. The zero-order valence-electron chi connectivity index (χ0n) is 19.5. The van der Waals surface area contributed by atoms with Crippen LogP contribution < -0.4 is 10.2 Å². The molecule has 10 heteroatoms. The van der Waals surface area contributed by atoms with Crippen LogP contribution >= 0.6 is 0 Å². The molecule has 0 aromatic carbocycles. The summed E-state index contributed by atoms with van der Waals surface area (Å²) in [6.45, 7) is 4.56. The topological polar surface area (TPSA) is 78.4 Å². The van der Waals surface area contributed by atoms with Crippen LogP contribution in [0.25, 0.3) is 0 Å². The average molecular weight is 488 g/mol. The lowest BCUT2D eigenvalue weighted by atomic mass is 9.90. The quantitative estimate of drug-likeness (QED) is 0.698. The van der Waals surface area contributed by atoms with Gasteiger partial charge >= 0.3 is 6.18 Å². The molecule has 2 atom stereocenters. The molecule has 2 aromatic rings. The minimum atomic E-state index is -4.41. The molecule has 7 nitrogen and oxygen atoms in total. The summed E-state index contributed by atoms with van der Waals surface area (Å²) in [5.41, 5.74) is 1.07. The molecule has 3 fully saturated rings. The van der Waals surface area contributed by atoms with E-state index in [4.69, 9.17) is 0 Å². The van der Waals surface area contributed by atoms with Crippen molar-refractivity contribution in [1.29, 1.82) is 0 Å². The summed E-state index contributed by atoms with van der Waals surface area (Å²) in [5, 5.41) is 2.88. The van der Waals surface area contributed by atoms with Crippen LogP contribution in [0.3, 0.4) is 0 Å². The van der Waals surface area contributed by atoms with Crippen LogP contribution in [0.15, 0.2) is 30.6 Å². The number of piperazine rings is 1. The molecule has 2 amide bonds. The number of alkyl halides is 3. The number of carbonyl (C=O) groups is 2. The number of anilines is 1. The van der Waals surface area contributed by atoms with Gasteiger partial charge < -0.3 is 15.1 Å². The highest BCUT2D eigenvalue weighted by Gasteiger charge is 2.37. The Morgan fingerprint density at radius 1 is 1.11 bits per heavy atom. The predicted octanol–water partition coefficient (Wildman–Crippen LogP) is 3.57. The minimum Gasteiger partial charge on any atom is -0.355 e. The summed E-state index contributed by atoms with van der Waals surface area (Å²) in [6, 6.07) is 4.71. The van der Waals surface area contributed by atoms with E-state index in [1.165, 1.54) is 12.3 Å². The Morgan fingerprint density at radius 2 is 1.86 bits per heavy atom. The van der Waals surface area contributed by atoms with Gasteiger partial charge in [-0.15, -0.1) is 0 Å². The fraction of sp³-hybridized carbons (Fsp3) is 0.520. The number of pyridine rings is 2. The van der Waals surface area contributed by atoms with Gasteiger partial charge in [-0.3, -0.25) is 14.6 Å². The van der Waals surface area contributed by atoms with Crippen molar-refractivity contribution in [1.82, 2.24) is 20.2 Å². The first kappa shape index (κ1) is 23.6. The molecule has 3 aliphatic rings. The summed E-state index contributed by atoms with van der Waals surface area (Å²) in [4.78, 5) is 37.6. The zero-order chi connectivity index (χ0) is 24.7. The number of nitrogens with zero attached hydrogens (tertiary/aromatic N) is 4. The second kappa shape index (κ2) is 9.13. The summed E-state index contributed by atoms with van der Waals surface area (Å²) < 4.78 is 39.5. The van der Waals surface area contributed by atoms with Crippen molar-refractivity contribution < 1.29 is 22.8 Å². The van der Waals surface area contributed by atoms with E-state index < -0.39 is 11.7 Å². The molecule has 0 bridgehead atoms. The Bertz CT molecular complexity index is 1110. The number of nitrogens with one attached hydrogen (secondary N) is 1. The maximum atomic E-state index is 13.2. The van der Waals surface area contributed by atoms with Gasteiger partial charge in [-0.2, -0.15) is 13.2 Å². The highest BCUT2D eigenvalue weighted by atomic mass is 19.4. The first-order valence-corrected chi connectivity index (χ1v) is 12.1. The maximum absolute atomic E-state index is 13.2. The van der Waals surface area contributed by atoms with E-state index in [-0.39, 0.29) is 29.6 Å². The number of hydrogen-bond donors (Lipinski definition) is 1. The number of aromatic nitrogens is 2. The SMILES string of the molecule is CCC1CNC(=O)[C@H]1c1ccc(C(=O)N2CCN(c3ncc(C(F)(F)F)cc3C3CC3)CC2)cn1. The first-order valence-electron chi connectivity index (χ1n) is 12.1. The van der Waals surface area contributed by atoms with Gasteiger partial charge in [0.2, 0.25) is 5.91 Å². The second-order valence-electron chi connectivity index (χ2n) is 9.55. The lowest BCUT2D eigenvalue weighted by Gasteiger charge is -2.36. The number of hydrogen-bond acceptors (Lipinski definition) is 5. The van der Waals surface area contributed by atoms with E-state index in [2.05, 4.69) is 15.3 Å². The van der Waals surface area contributed by atoms with Crippen LogP contribution in [0.2, 0.25) is 0 Å². The third-order valence-corrected chi connectivity index (χ3v) is 7.27. The van der Waals surface area contributed by atoms with Crippen LogP contribution in [-0.2, 0) is 11.0 Å². The Balaban J connectivity index is 1.25. The minimum absolute atomic E-state index is 0.0259. The van der Waals surface area contributed by atoms with E-state index in [0.29, 0.717) is 55.4 Å².